The van der Waals surface area contributed by atoms with Gasteiger partial charge in [0.05, 0.1) is 11.0 Å². The van der Waals surface area contributed by atoms with E-state index in [1.807, 2.05) is 61.9 Å². The summed E-state index contributed by atoms with van der Waals surface area (Å²) in [5.41, 5.74) is 13.3. The molecule has 400 valence electrons. The molecule has 0 saturated carbocycles. The number of nitrogens with zero attached hydrogens (tertiary/aromatic N) is 4. The van der Waals surface area contributed by atoms with Crippen molar-refractivity contribution in [2.24, 2.45) is 11.8 Å². The van der Waals surface area contributed by atoms with Crippen molar-refractivity contribution in [3.63, 3.8) is 0 Å². The summed E-state index contributed by atoms with van der Waals surface area (Å²) >= 11 is 0. The molecule has 3 aromatic heterocycles. The summed E-state index contributed by atoms with van der Waals surface area (Å²) in [4.78, 5) is 20.9. The smallest absolute Gasteiger partial charge is 0.133 e. The molecule has 9 aromatic rings. The average Bonchev–Trinajstić information content (AvgIpc) is 3.52. The maximum Gasteiger partial charge on any atom is 0.133 e. The van der Waals surface area contributed by atoms with E-state index in [9.17, 15) is 10.2 Å². The number of phenols is 2. The van der Waals surface area contributed by atoms with Gasteiger partial charge in [0.15, 0.2) is 0 Å². The van der Waals surface area contributed by atoms with Gasteiger partial charge in [-0.1, -0.05) is 156 Å². The lowest BCUT2D eigenvalue weighted by Gasteiger charge is -2.28. The van der Waals surface area contributed by atoms with Gasteiger partial charge in [0, 0.05) is 69.6 Å². The zero-order valence-corrected chi connectivity index (χ0v) is 48.6. The molecule has 12 bridgehead atoms. The highest BCUT2D eigenvalue weighted by molar-refractivity contribution is 6.00. The highest BCUT2D eigenvalue weighted by atomic mass is 16.3. The largest absolute Gasteiger partial charge is 0.507 e. The van der Waals surface area contributed by atoms with Crippen LogP contribution in [0.15, 0.2) is 146 Å². The van der Waals surface area contributed by atoms with Crippen molar-refractivity contribution in [3.05, 3.63) is 202 Å². The number of aryl methyl sites for hydroxylation is 2. The van der Waals surface area contributed by atoms with Crippen molar-refractivity contribution in [2.45, 2.75) is 145 Å². The first kappa shape index (κ1) is 55.3. The van der Waals surface area contributed by atoms with Crippen LogP contribution in [0.25, 0.3) is 64.9 Å². The lowest BCUT2D eigenvalue weighted by molar-refractivity contribution is 0.473. The predicted octanol–water partition coefficient (Wildman–Crippen LogP) is 19.5. The fourth-order valence-electron chi connectivity index (χ4n) is 11.7. The molecule has 6 aromatic carbocycles. The third kappa shape index (κ3) is 11.6. The summed E-state index contributed by atoms with van der Waals surface area (Å²) < 4.78 is 0. The van der Waals surface area contributed by atoms with Crippen LogP contribution >= 0.6 is 0 Å². The Labute approximate surface area is 463 Å². The second-order valence-electron chi connectivity index (χ2n) is 24.0. The Morgan fingerprint density at radius 2 is 0.731 bits per heavy atom. The molecule has 2 aliphatic carbocycles. The van der Waals surface area contributed by atoms with Crippen LogP contribution in [-0.4, -0.2) is 30.1 Å². The molecule has 15 rings (SSSR count). The second kappa shape index (κ2) is 23.3. The molecule has 4 aliphatic heterocycles. The van der Waals surface area contributed by atoms with Crippen LogP contribution < -0.4 is 0 Å². The summed E-state index contributed by atoms with van der Waals surface area (Å²) in [6, 6.07) is 43.4. The lowest BCUT2D eigenvalue weighted by Crippen LogP contribution is -2.17. The molecule has 0 fully saturated rings. The topological polar surface area (TPSA) is 92.0 Å². The highest BCUT2D eigenvalue weighted by Gasteiger charge is 2.28. The van der Waals surface area contributed by atoms with Crippen molar-refractivity contribution in [2.75, 3.05) is 0 Å². The number of benzene rings is 6. The SMILES string of the molecule is Cc1cc2cnc3c(C(C)C)cc(c4ccccc4c4ccc(cc4)ncc4cc(C)cc(cnc5c(C(C)C)cc(cc5C(C)C)c5ccccc5c5cc(C(C)C)c(ncc(c1)c2O)C(C(C)C)C5)c4O)CC3C(C)C. The van der Waals surface area contributed by atoms with Crippen LogP contribution in [0.5, 0.6) is 11.5 Å². The van der Waals surface area contributed by atoms with Crippen molar-refractivity contribution in [1.29, 1.82) is 0 Å². The van der Waals surface area contributed by atoms with E-state index in [2.05, 4.69) is 175 Å². The van der Waals surface area contributed by atoms with E-state index < -0.39 is 0 Å². The van der Waals surface area contributed by atoms with Gasteiger partial charge in [0.2, 0.25) is 0 Å². The Bertz CT molecular complexity index is 3850. The van der Waals surface area contributed by atoms with E-state index in [4.69, 9.17) is 19.9 Å². The van der Waals surface area contributed by atoms with Gasteiger partial charge in [0.25, 0.3) is 0 Å². The normalized spacial score (nSPS) is 14.5. The Hall–Kier alpha value is -7.44. The van der Waals surface area contributed by atoms with Gasteiger partial charge in [-0.2, -0.15) is 0 Å². The molecule has 2 unspecified atom stereocenters. The molecular weight excluding hydrogens is 953 g/mol. The van der Waals surface area contributed by atoms with E-state index in [0.29, 0.717) is 33.4 Å². The standard InChI is InChI=1S/C72H80N4O2/c1-41(2)62-31-50-32-63(42(3)4)68(62)75-39-55-29-48(14)30-56(72(55)78)40-76-70-66(45(9)10)35-52(36-67(70)46(11)12)61-22-18-17-21-60(61)51-33-64(43(5)6)69(65(34-51)44(7)8)74-38-54-28-47(13)27-53(71(54)77)37-73-57-25-23-49(24-26-57)58-19-15-16-20-59(50)58/h15-31,33-35,37-46,63,67,77-78H,32,36H2,1-14H3. The van der Waals surface area contributed by atoms with Crippen LogP contribution in [0.3, 0.4) is 0 Å². The monoisotopic (exact) mass is 1030 g/mol. The number of phenolic OH excluding ortho intramolecular Hbond substituents is 2. The van der Waals surface area contributed by atoms with Crippen molar-refractivity contribution >= 4 is 64.9 Å². The number of hydrogen-bond acceptors (Lipinski definition) is 6. The maximum absolute atomic E-state index is 12.1. The molecule has 6 heteroatoms. The molecule has 7 heterocycles. The number of rotatable bonds is 6. The minimum Gasteiger partial charge on any atom is -0.507 e. The Kier molecular flexibility index (Phi) is 16.5. The molecular formula is C72H80N4O2. The molecule has 6 nitrogen and oxygen atoms in total. The summed E-state index contributed by atoms with van der Waals surface area (Å²) in [6.07, 6.45) is 9.02. The van der Waals surface area contributed by atoms with Gasteiger partial charge in [-0.05, 0) is 188 Å². The third-order valence-corrected chi connectivity index (χ3v) is 16.1. The highest BCUT2D eigenvalue weighted by Crippen LogP contribution is 2.41. The second-order valence-corrected chi connectivity index (χ2v) is 24.0. The van der Waals surface area contributed by atoms with E-state index >= 15 is 0 Å². The summed E-state index contributed by atoms with van der Waals surface area (Å²) in [6.45, 7) is 31.3. The molecule has 0 radical (unpaired) electrons. The summed E-state index contributed by atoms with van der Waals surface area (Å²) in [5, 5.41) is 33.7. The lowest BCUT2D eigenvalue weighted by atomic mass is 9.78. The van der Waals surface area contributed by atoms with Crippen LogP contribution in [0.4, 0.5) is 0 Å². The molecule has 0 saturated heterocycles. The number of aromatic hydroxyl groups is 2. The Balaban J connectivity index is 1.41. The van der Waals surface area contributed by atoms with Crippen molar-refractivity contribution in [3.8, 4) is 11.5 Å². The van der Waals surface area contributed by atoms with Gasteiger partial charge in [-0.25, -0.2) is 0 Å². The molecule has 2 N–H and O–H groups in total. The van der Waals surface area contributed by atoms with Crippen LogP contribution in [0.2, 0.25) is 0 Å². The minimum absolute atomic E-state index is 0.146. The van der Waals surface area contributed by atoms with Crippen LogP contribution in [-0.2, 0) is 12.8 Å². The quantitative estimate of drug-likeness (QED) is 0.172. The van der Waals surface area contributed by atoms with Crippen molar-refractivity contribution < 1.29 is 10.2 Å². The van der Waals surface area contributed by atoms with E-state index in [-0.39, 0.29) is 47.0 Å². The Morgan fingerprint density at radius 3 is 1.12 bits per heavy atom. The first-order valence-corrected chi connectivity index (χ1v) is 28.5. The molecule has 6 aliphatic rings. The zero-order valence-electron chi connectivity index (χ0n) is 48.6. The fraction of sp³-hybridized carbons (Fsp3) is 0.333. The van der Waals surface area contributed by atoms with Gasteiger partial charge in [-0.15, -0.1) is 0 Å². The molecule has 0 spiro atoms. The third-order valence-electron chi connectivity index (χ3n) is 16.1. The van der Waals surface area contributed by atoms with Gasteiger partial charge in [-0.3, -0.25) is 19.9 Å². The van der Waals surface area contributed by atoms with Gasteiger partial charge in [0.1, 0.15) is 11.5 Å². The summed E-state index contributed by atoms with van der Waals surface area (Å²) in [7, 11) is 0. The first-order chi connectivity index (χ1) is 37.3. The molecule has 0 amide bonds. The van der Waals surface area contributed by atoms with Crippen LogP contribution in [0, 0.1) is 25.7 Å². The average molecular weight is 1030 g/mol. The molecule has 78 heavy (non-hydrogen) atoms. The first-order valence-electron chi connectivity index (χ1n) is 28.5. The number of aromatic nitrogens is 4. The van der Waals surface area contributed by atoms with E-state index in [1.54, 1.807) is 6.20 Å². The zero-order chi connectivity index (χ0) is 55.7. The Morgan fingerprint density at radius 1 is 0.372 bits per heavy atom. The van der Waals surface area contributed by atoms with E-state index in [0.717, 1.165) is 68.3 Å². The fourth-order valence-corrected chi connectivity index (χ4v) is 11.7. The minimum atomic E-state index is 0.146. The van der Waals surface area contributed by atoms with Gasteiger partial charge >= 0.3 is 0 Å². The predicted molar refractivity (Wildman–Crippen MR) is 331 cm³/mol. The maximum atomic E-state index is 12.1. The summed E-state index contributed by atoms with van der Waals surface area (Å²) in [5.74, 6) is 2.03. The van der Waals surface area contributed by atoms with Gasteiger partial charge < -0.3 is 10.2 Å². The number of hydrogen-bond donors (Lipinski definition) is 2. The van der Waals surface area contributed by atoms with Crippen molar-refractivity contribution in [1.82, 2.24) is 19.9 Å². The van der Waals surface area contributed by atoms with Crippen LogP contribution in [0.1, 0.15) is 174 Å². The van der Waals surface area contributed by atoms with E-state index in [1.165, 1.54) is 43.8 Å². The molecule has 2 atom stereocenters.